The molecule has 2 heterocycles. The van der Waals surface area contributed by atoms with Crippen LogP contribution in [0.1, 0.15) is 266 Å². The Labute approximate surface area is 394 Å². The van der Waals surface area contributed by atoms with Crippen molar-refractivity contribution in [3.05, 3.63) is 0 Å². The van der Waals surface area contributed by atoms with Crippen LogP contribution in [-0.2, 0) is 9.59 Å². The van der Waals surface area contributed by atoms with Gasteiger partial charge in [-0.25, -0.2) is 0 Å². The first-order valence-electron chi connectivity index (χ1n) is 28.7. The van der Waals surface area contributed by atoms with E-state index in [9.17, 15) is 9.59 Å². The predicted molar refractivity (Wildman–Crippen MR) is 275 cm³/mol. The molecular formula is C56H111N5O2. The van der Waals surface area contributed by atoms with E-state index in [1.54, 1.807) is 0 Å². The molecule has 2 rings (SSSR count). The van der Waals surface area contributed by atoms with Gasteiger partial charge in [0.15, 0.2) is 0 Å². The molecule has 2 aliphatic heterocycles. The van der Waals surface area contributed by atoms with Crippen LogP contribution in [0.25, 0.3) is 0 Å². The number of carbonyl (C=O) groups is 2. The summed E-state index contributed by atoms with van der Waals surface area (Å²) in [6.45, 7) is 21.7. The summed E-state index contributed by atoms with van der Waals surface area (Å²) in [6.07, 6.45) is 47.5. The molecule has 372 valence electrons. The fraction of sp³-hybridized carbons (Fsp3) is 0.964. The summed E-state index contributed by atoms with van der Waals surface area (Å²) in [5.41, 5.74) is 0. The number of rotatable bonds is 47. The van der Waals surface area contributed by atoms with Gasteiger partial charge in [0.05, 0.1) is 25.2 Å². The minimum absolute atomic E-state index is 0.192. The molecule has 7 heteroatoms. The van der Waals surface area contributed by atoms with Gasteiger partial charge in [-0.15, -0.1) is 0 Å². The van der Waals surface area contributed by atoms with Crippen LogP contribution in [0.4, 0.5) is 0 Å². The van der Waals surface area contributed by atoms with Crippen molar-refractivity contribution in [2.75, 3.05) is 72.0 Å². The van der Waals surface area contributed by atoms with E-state index in [2.05, 4.69) is 59.1 Å². The van der Waals surface area contributed by atoms with Crippen LogP contribution >= 0.6 is 0 Å². The SMILES string of the molecule is CCCCCCCCCN(CCCCCCCCC)CCN(CCCCCCCCC)CC(=O)N1CC2CC1CN2C(=O)CN(CCCCCCCCC)CCCCCCCCC. The molecule has 2 aliphatic rings. The van der Waals surface area contributed by atoms with Gasteiger partial charge >= 0.3 is 0 Å². The third-order valence-electron chi connectivity index (χ3n) is 14.7. The van der Waals surface area contributed by atoms with E-state index in [0.717, 1.165) is 52.2 Å². The van der Waals surface area contributed by atoms with Crippen LogP contribution in [0, 0.1) is 0 Å². The maximum absolute atomic E-state index is 14.2. The van der Waals surface area contributed by atoms with Crippen molar-refractivity contribution in [2.24, 2.45) is 0 Å². The standard InChI is InChI=1S/C56H111N5O2/c1-6-11-16-21-26-31-36-41-57(42-37-32-27-22-17-12-7-2)46-47-59(45-40-35-30-25-20-15-10-5)52-56(63)61-50-53-48-54(61)49-60(53)55(62)51-58(43-38-33-28-23-18-13-8-3)44-39-34-29-24-19-14-9-4/h53-54H,6-52H2,1-5H3. The Balaban J connectivity index is 1.96. The lowest BCUT2D eigenvalue weighted by Crippen LogP contribution is -2.54. The summed E-state index contributed by atoms with van der Waals surface area (Å²) in [4.78, 5) is 40.3. The van der Waals surface area contributed by atoms with Crippen LogP contribution in [0.2, 0.25) is 0 Å². The van der Waals surface area contributed by atoms with Gasteiger partial charge < -0.3 is 14.7 Å². The largest absolute Gasteiger partial charge is 0.335 e. The second kappa shape index (κ2) is 41.0. The molecule has 0 radical (unpaired) electrons. The first-order valence-corrected chi connectivity index (χ1v) is 28.7. The zero-order valence-electron chi connectivity index (χ0n) is 43.4. The second-order valence-electron chi connectivity index (χ2n) is 20.6. The van der Waals surface area contributed by atoms with Crippen LogP contribution in [0.3, 0.4) is 0 Å². The number of amides is 2. The van der Waals surface area contributed by atoms with Crippen LogP contribution in [-0.4, -0.2) is 120 Å². The Morgan fingerprint density at radius 1 is 0.317 bits per heavy atom. The Bertz CT molecular complexity index is 1010. The number of likely N-dealkylation sites (tertiary alicyclic amines) is 2. The van der Waals surface area contributed by atoms with E-state index < -0.39 is 0 Å². The number of hydrogen-bond acceptors (Lipinski definition) is 5. The molecule has 0 N–H and O–H groups in total. The Kier molecular flexibility index (Phi) is 37.8. The first-order chi connectivity index (χ1) is 31.0. The number of carbonyl (C=O) groups excluding carboxylic acids is 2. The van der Waals surface area contributed by atoms with E-state index in [-0.39, 0.29) is 12.1 Å². The minimum Gasteiger partial charge on any atom is -0.335 e. The van der Waals surface area contributed by atoms with Crippen molar-refractivity contribution in [3.63, 3.8) is 0 Å². The fourth-order valence-electron chi connectivity index (χ4n) is 10.5. The number of unbranched alkanes of at least 4 members (excludes halogenated alkanes) is 30. The molecule has 0 aliphatic carbocycles. The number of fused-ring (bicyclic) bond motifs is 2. The van der Waals surface area contributed by atoms with Crippen LogP contribution in [0.5, 0.6) is 0 Å². The summed E-state index contributed by atoms with van der Waals surface area (Å²) in [7, 11) is 0. The molecule has 0 aromatic carbocycles. The average molecular weight is 887 g/mol. The van der Waals surface area contributed by atoms with Gasteiger partial charge in [0.1, 0.15) is 0 Å². The molecule has 0 saturated carbocycles. The summed E-state index contributed by atoms with van der Waals surface area (Å²) < 4.78 is 0. The third-order valence-corrected chi connectivity index (χ3v) is 14.7. The van der Waals surface area contributed by atoms with Crippen LogP contribution < -0.4 is 0 Å². The molecule has 0 aromatic heterocycles. The lowest BCUT2D eigenvalue weighted by molar-refractivity contribution is -0.141. The monoisotopic (exact) mass is 886 g/mol. The molecule has 7 nitrogen and oxygen atoms in total. The van der Waals surface area contributed by atoms with Crippen molar-refractivity contribution in [2.45, 2.75) is 278 Å². The number of hydrogen-bond donors (Lipinski definition) is 0. The molecule has 2 amide bonds. The van der Waals surface area contributed by atoms with Crippen molar-refractivity contribution in [3.8, 4) is 0 Å². The van der Waals surface area contributed by atoms with Gasteiger partial charge in [0, 0.05) is 26.2 Å². The Hall–Kier alpha value is -1.18. The fourth-order valence-corrected chi connectivity index (χ4v) is 10.5. The van der Waals surface area contributed by atoms with Crippen molar-refractivity contribution in [1.82, 2.24) is 24.5 Å². The van der Waals surface area contributed by atoms with Crippen molar-refractivity contribution < 1.29 is 9.59 Å². The average Bonchev–Trinajstić information content (AvgIpc) is 3.91. The summed E-state index contributed by atoms with van der Waals surface area (Å²) >= 11 is 0. The highest BCUT2D eigenvalue weighted by atomic mass is 16.2. The summed E-state index contributed by atoms with van der Waals surface area (Å²) in [6, 6.07) is 0.388. The Morgan fingerprint density at radius 2 is 0.540 bits per heavy atom. The predicted octanol–water partition coefficient (Wildman–Crippen LogP) is 14.5. The molecule has 2 unspecified atom stereocenters. The van der Waals surface area contributed by atoms with E-state index in [4.69, 9.17) is 0 Å². The number of piperazine rings is 1. The van der Waals surface area contributed by atoms with Crippen molar-refractivity contribution in [1.29, 1.82) is 0 Å². The highest BCUT2D eigenvalue weighted by Crippen LogP contribution is 2.31. The molecule has 0 spiro atoms. The molecule has 2 atom stereocenters. The first kappa shape index (κ1) is 57.9. The number of nitrogens with zero attached hydrogens (tertiary/aromatic N) is 5. The highest BCUT2D eigenvalue weighted by molar-refractivity contribution is 5.82. The molecule has 2 saturated heterocycles. The minimum atomic E-state index is 0.192. The van der Waals surface area contributed by atoms with Gasteiger partial charge in [-0.05, 0) is 71.2 Å². The summed E-state index contributed by atoms with van der Waals surface area (Å²) in [5.74, 6) is 0.616. The quantitative estimate of drug-likeness (QED) is 0.0570. The molecule has 2 bridgehead atoms. The zero-order valence-corrected chi connectivity index (χ0v) is 43.4. The van der Waals surface area contributed by atoms with Crippen LogP contribution in [0.15, 0.2) is 0 Å². The maximum Gasteiger partial charge on any atom is 0.237 e. The van der Waals surface area contributed by atoms with E-state index >= 15 is 0 Å². The maximum atomic E-state index is 14.2. The third kappa shape index (κ3) is 29.2. The molecule has 0 aromatic rings. The summed E-state index contributed by atoms with van der Waals surface area (Å²) in [5, 5.41) is 0. The lowest BCUT2D eigenvalue weighted by atomic mass is 10.1. The van der Waals surface area contributed by atoms with Gasteiger partial charge in [-0.1, -0.05) is 227 Å². The van der Waals surface area contributed by atoms with Gasteiger partial charge in [-0.3, -0.25) is 19.4 Å². The zero-order chi connectivity index (χ0) is 45.4. The topological polar surface area (TPSA) is 50.3 Å². The Morgan fingerprint density at radius 3 is 0.810 bits per heavy atom. The normalized spacial score (nSPS) is 16.3. The van der Waals surface area contributed by atoms with E-state index in [1.807, 2.05) is 0 Å². The molecular weight excluding hydrogens is 775 g/mol. The van der Waals surface area contributed by atoms with E-state index in [1.165, 1.54) is 238 Å². The lowest BCUT2D eigenvalue weighted by Gasteiger charge is -2.36. The smallest absolute Gasteiger partial charge is 0.237 e. The molecule has 63 heavy (non-hydrogen) atoms. The highest BCUT2D eigenvalue weighted by Gasteiger charge is 2.47. The molecule has 2 fully saturated rings. The van der Waals surface area contributed by atoms with Crippen molar-refractivity contribution >= 4 is 11.8 Å². The van der Waals surface area contributed by atoms with Gasteiger partial charge in [-0.2, -0.15) is 0 Å². The van der Waals surface area contributed by atoms with Gasteiger partial charge in [0.2, 0.25) is 11.8 Å². The second-order valence-corrected chi connectivity index (χ2v) is 20.6. The van der Waals surface area contributed by atoms with Gasteiger partial charge in [0.25, 0.3) is 0 Å². The van der Waals surface area contributed by atoms with E-state index in [0.29, 0.717) is 24.9 Å².